The van der Waals surface area contributed by atoms with Gasteiger partial charge in [-0.1, -0.05) is 38.1 Å². The predicted octanol–water partition coefficient (Wildman–Crippen LogP) is 3.01. The summed E-state index contributed by atoms with van der Waals surface area (Å²) in [5.74, 6) is 1.32. The molecule has 0 saturated carbocycles. The summed E-state index contributed by atoms with van der Waals surface area (Å²) in [6.07, 6.45) is 0.900. The van der Waals surface area contributed by atoms with Crippen LogP contribution in [-0.2, 0) is 24.2 Å². The highest BCUT2D eigenvalue weighted by Crippen LogP contribution is 2.19. The molecule has 2 aromatic rings. The number of rotatable bonds is 8. The topological polar surface area (TPSA) is 61.8 Å². The fraction of sp³-hybridized carbons (Fsp3) is 0.545. The molecule has 0 atom stereocenters. The number of hydrogen-bond donors (Lipinski definition) is 2. The zero-order valence-electron chi connectivity index (χ0n) is 17.8. The van der Waals surface area contributed by atoms with Crippen LogP contribution in [0.2, 0.25) is 0 Å². The highest BCUT2D eigenvalue weighted by atomic mass is 32.1. The predicted molar refractivity (Wildman–Crippen MR) is 121 cm³/mol. The van der Waals surface area contributed by atoms with Crippen molar-refractivity contribution in [3.63, 3.8) is 0 Å². The number of thiazole rings is 1. The van der Waals surface area contributed by atoms with E-state index in [2.05, 4.69) is 64.0 Å². The van der Waals surface area contributed by atoms with E-state index in [0.717, 1.165) is 64.0 Å². The lowest BCUT2D eigenvalue weighted by atomic mass is 10.1. The minimum absolute atomic E-state index is 0.494. The number of guanidine groups is 1. The molecule has 1 fully saturated rings. The van der Waals surface area contributed by atoms with Crippen molar-refractivity contribution < 1.29 is 4.74 Å². The summed E-state index contributed by atoms with van der Waals surface area (Å²) in [5.41, 5.74) is 3.82. The van der Waals surface area contributed by atoms with Crippen molar-refractivity contribution >= 4 is 17.3 Å². The zero-order valence-corrected chi connectivity index (χ0v) is 18.6. The molecular weight excluding hydrogens is 382 g/mol. The van der Waals surface area contributed by atoms with E-state index in [4.69, 9.17) is 9.72 Å². The van der Waals surface area contributed by atoms with Gasteiger partial charge in [-0.15, -0.1) is 11.3 Å². The molecule has 6 nitrogen and oxygen atoms in total. The number of aliphatic imine (C=N–C) groups is 1. The Morgan fingerprint density at radius 1 is 1.21 bits per heavy atom. The molecule has 1 aromatic carbocycles. The monoisotopic (exact) mass is 415 g/mol. The van der Waals surface area contributed by atoms with Gasteiger partial charge in [0.05, 0.1) is 23.9 Å². The number of aromatic nitrogens is 1. The van der Waals surface area contributed by atoms with Gasteiger partial charge in [0.2, 0.25) is 0 Å². The van der Waals surface area contributed by atoms with Crippen LogP contribution in [0.15, 0.2) is 34.6 Å². The molecule has 0 unspecified atom stereocenters. The van der Waals surface area contributed by atoms with Crippen molar-refractivity contribution in [1.82, 2.24) is 20.5 Å². The smallest absolute Gasteiger partial charge is 0.191 e. The Labute approximate surface area is 178 Å². The van der Waals surface area contributed by atoms with Crippen LogP contribution in [0.4, 0.5) is 0 Å². The summed E-state index contributed by atoms with van der Waals surface area (Å²) in [6, 6.07) is 8.63. The largest absolute Gasteiger partial charge is 0.379 e. The van der Waals surface area contributed by atoms with Crippen molar-refractivity contribution in [3.8, 4) is 0 Å². The molecule has 1 aliphatic heterocycles. The number of benzene rings is 1. The average molecular weight is 416 g/mol. The van der Waals surface area contributed by atoms with Crippen molar-refractivity contribution in [2.24, 2.45) is 4.99 Å². The highest BCUT2D eigenvalue weighted by Gasteiger charge is 2.13. The van der Waals surface area contributed by atoms with Crippen LogP contribution in [0.5, 0.6) is 0 Å². The maximum Gasteiger partial charge on any atom is 0.191 e. The van der Waals surface area contributed by atoms with Gasteiger partial charge in [0.25, 0.3) is 0 Å². The Morgan fingerprint density at radius 2 is 1.97 bits per heavy atom. The van der Waals surface area contributed by atoms with Crippen LogP contribution < -0.4 is 10.6 Å². The molecule has 0 spiro atoms. The van der Waals surface area contributed by atoms with E-state index in [1.54, 1.807) is 11.3 Å². The first-order valence-electron chi connectivity index (χ1n) is 10.4. The van der Waals surface area contributed by atoms with Crippen molar-refractivity contribution in [2.45, 2.75) is 39.3 Å². The highest BCUT2D eigenvalue weighted by molar-refractivity contribution is 7.09. The van der Waals surface area contributed by atoms with Crippen LogP contribution in [-0.4, -0.2) is 55.7 Å². The molecular formula is C22H33N5OS. The summed E-state index contributed by atoms with van der Waals surface area (Å²) in [6.45, 7) is 10.6. The molecule has 158 valence electrons. The van der Waals surface area contributed by atoms with Crippen LogP contribution in [0.25, 0.3) is 0 Å². The Kier molecular flexibility index (Phi) is 8.46. The van der Waals surface area contributed by atoms with Gasteiger partial charge in [-0.2, -0.15) is 0 Å². The van der Waals surface area contributed by atoms with E-state index in [9.17, 15) is 0 Å². The fourth-order valence-electron chi connectivity index (χ4n) is 3.30. The number of ether oxygens (including phenoxy) is 1. The Balaban J connectivity index is 1.47. The number of nitrogens with one attached hydrogen (secondary N) is 2. The van der Waals surface area contributed by atoms with Gasteiger partial charge in [0.15, 0.2) is 5.96 Å². The molecule has 29 heavy (non-hydrogen) atoms. The third-order valence-electron chi connectivity index (χ3n) is 5.02. The first-order chi connectivity index (χ1) is 14.2. The van der Waals surface area contributed by atoms with Crippen LogP contribution >= 0.6 is 11.3 Å². The molecule has 0 radical (unpaired) electrons. The molecule has 0 aliphatic carbocycles. The van der Waals surface area contributed by atoms with Gasteiger partial charge in [0, 0.05) is 57.5 Å². The molecule has 2 heterocycles. The summed E-state index contributed by atoms with van der Waals surface area (Å²) < 4.78 is 5.46. The second-order valence-electron chi connectivity index (χ2n) is 7.59. The summed E-state index contributed by atoms with van der Waals surface area (Å²) in [4.78, 5) is 11.5. The molecule has 1 saturated heterocycles. The Morgan fingerprint density at radius 3 is 2.66 bits per heavy atom. The van der Waals surface area contributed by atoms with Gasteiger partial charge in [-0.3, -0.25) is 9.89 Å². The van der Waals surface area contributed by atoms with Crippen molar-refractivity contribution in [2.75, 3.05) is 39.9 Å². The molecule has 1 aliphatic rings. The Hall–Kier alpha value is -1.96. The quantitative estimate of drug-likeness (QED) is 0.513. The Bertz CT molecular complexity index is 783. The van der Waals surface area contributed by atoms with Gasteiger partial charge < -0.3 is 15.4 Å². The lowest BCUT2D eigenvalue weighted by Gasteiger charge is -2.27. The van der Waals surface area contributed by atoms with Crippen LogP contribution in [0, 0.1) is 0 Å². The normalized spacial score (nSPS) is 15.7. The SMILES string of the molecule is CN=C(NCCc1csc(C(C)C)n1)NCc1ccccc1CN1CCOCC1. The molecule has 1 aromatic heterocycles. The van der Waals surface area contributed by atoms with E-state index >= 15 is 0 Å². The third kappa shape index (κ3) is 6.80. The average Bonchev–Trinajstić information content (AvgIpc) is 3.21. The summed E-state index contributed by atoms with van der Waals surface area (Å²) in [7, 11) is 1.81. The van der Waals surface area contributed by atoms with E-state index in [-0.39, 0.29) is 0 Å². The van der Waals surface area contributed by atoms with Gasteiger partial charge in [-0.25, -0.2) is 4.98 Å². The van der Waals surface area contributed by atoms with E-state index in [1.165, 1.54) is 16.1 Å². The zero-order chi connectivity index (χ0) is 20.5. The first-order valence-corrected chi connectivity index (χ1v) is 11.3. The fourth-order valence-corrected chi connectivity index (χ4v) is 4.17. The number of nitrogens with zero attached hydrogens (tertiary/aromatic N) is 3. The lowest BCUT2D eigenvalue weighted by molar-refractivity contribution is 0.0341. The minimum Gasteiger partial charge on any atom is -0.379 e. The maximum atomic E-state index is 5.46. The standard InChI is InChI=1S/C22H33N5OS/c1-17(2)21-26-20(16-29-21)8-9-24-22(23-3)25-14-18-6-4-5-7-19(18)15-27-10-12-28-13-11-27/h4-7,16-17H,8-15H2,1-3H3,(H2,23,24,25). The molecule has 3 rings (SSSR count). The molecule has 0 amide bonds. The lowest BCUT2D eigenvalue weighted by Crippen LogP contribution is -2.38. The van der Waals surface area contributed by atoms with E-state index in [0.29, 0.717) is 5.92 Å². The minimum atomic E-state index is 0.494. The van der Waals surface area contributed by atoms with Gasteiger partial charge in [0.1, 0.15) is 0 Å². The van der Waals surface area contributed by atoms with Crippen LogP contribution in [0.1, 0.15) is 41.6 Å². The van der Waals surface area contributed by atoms with Crippen LogP contribution in [0.3, 0.4) is 0 Å². The van der Waals surface area contributed by atoms with Gasteiger partial charge >= 0.3 is 0 Å². The van der Waals surface area contributed by atoms with Crippen molar-refractivity contribution in [3.05, 3.63) is 51.5 Å². The number of hydrogen-bond acceptors (Lipinski definition) is 5. The molecule has 7 heteroatoms. The molecule has 0 bridgehead atoms. The number of morpholine rings is 1. The second-order valence-corrected chi connectivity index (χ2v) is 8.48. The van der Waals surface area contributed by atoms with Gasteiger partial charge in [-0.05, 0) is 11.1 Å². The first kappa shape index (κ1) is 21.7. The summed E-state index contributed by atoms with van der Waals surface area (Å²) >= 11 is 1.75. The van der Waals surface area contributed by atoms with Crippen molar-refractivity contribution in [1.29, 1.82) is 0 Å². The summed E-state index contributed by atoms with van der Waals surface area (Å²) in [5, 5.41) is 10.2. The van der Waals surface area contributed by atoms with E-state index in [1.807, 2.05) is 7.05 Å². The second kappa shape index (κ2) is 11.3. The third-order valence-corrected chi connectivity index (χ3v) is 6.22. The molecule has 2 N–H and O–H groups in total. The maximum absolute atomic E-state index is 5.46. The van der Waals surface area contributed by atoms with E-state index < -0.39 is 0 Å².